The molecule has 0 N–H and O–H groups in total. The second kappa shape index (κ2) is 3.91. The van der Waals surface area contributed by atoms with Gasteiger partial charge in [-0.25, -0.2) is 9.37 Å². The molecule has 0 atom stereocenters. The van der Waals surface area contributed by atoms with Gasteiger partial charge in [0.05, 0.1) is 0 Å². The Morgan fingerprint density at radius 2 is 2.07 bits per heavy atom. The van der Waals surface area contributed by atoms with Crippen molar-refractivity contribution in [3.8, 4) is 5.75 Å². The van der Waals surface area contributed by atoms with E-state index in [0.29, 0.717) is 18.1 Å². The molecule has 0 unspecified atom stereocenters. The summed E-state index contributed by atoms with van der Waals surface area (Å²) in [5, 5.41) is 0. The average Bonchev–Trinajstić information content (AvgIpc) is 2.70. The van der Waals surface area contributed by atoms with Gasteiger partial charge in [0, 0.05) is 0 Å². The molecular formula is C10H8FNO2. The molecule has 0 saturated carbocycles. The molecule has 0 radical (unpaired) electrons. The molecule has 0 amide bonds. The maximum Gasteiger partial charge on any atom is 0.180 e. The third-order valence-electron chi connectivity index (χ3n) is 1.68. The third kappa shape index (κ3) is 2.10. The van der Waals surface area contributed by atoms with Crippen LogP contribution in [0.5, 0.6) is 5.75 Å². The van der Waals surface area contributed by atoms with Crippen LogP contribution in [0.1, 0.15) is 5.69 Å². The van der Waals surface area contributed by atoms with Crippen LogP contribution in [0.2, 0.25) is 0 Å². The molecule has 2 rings (SSSR count). The first-order valence-corrected chi connectivity index (χ1v) is 4.10. The Labute approximate surface area is 80.1 Å². The summed E-state index contributed by atoms with van der Waals surface area (Å²) in [6, 6.07) is 5.82. The first-order chi connectivity index (χ1) is 6.84. The van der Waals surface area contributed by atoms with Crippen molar-refractivity contribution in [1.82, 2.24) is 4.98 Å². The lowest BCUT2D eigenvalue weighted by molar-refractivity contribution is 0.300. The minimum atomic E-state index is -0.279. The van der Waals surface area contributed by atoms with E-state index >= 15 is 0 Å². The van der Waals surface area contributed by atoms with Crippen LogP contribution in [-0.2, 0) is 6.61 Å². The van der Waals surface area contributed by atoms with Gasteiger partial charge in [-0.1, -0.05) is 0 Å². The van der Waals surface area contributed by atoms with Gasteiger partial charge < -0.3 is 9.15 Å². The molecule has 0 aliphatic heterocycles. The highest BCUT2D eigenvalue weighted by Gasteiger charge is 1.98. The van der Waals surface area contributed by atoms with E-state index in [1.807, 2.05) is 0 Å². The number of halogens is 1. The fourth-order valence-electron chi connectivity index (χ4n) is 0.997. The summed E-state index contributed by atoms with van der Waals surface area (Å²) in [7, 11) is 0. The number of hydrogen-bond acceptors (Lipinski definition) is 3. The summed E-state index contributed by atoms with van der Waals surface area (Å²) in [6.45, 7) is 0.322. The van der Waals surface area contributed by atoms with Crippen molar-refractivity contribution in [2.45, 2.75) is 6.61 Å². The standard InChI is InChI=1S/C10H8FNO2/c11-8-1-3-10(4-2-8)14-6-9-5-13-7-12-9/h1-5,7H,6H2. The fourth-order valence-corrected chi connectivity index (χ4v) is 0.997. The zero-order valence-electron chi connectivity index (χ0n) is 7.31. The minimum Gasteiger partial charge on any atom is -0.487 e. The smallest absolute Gasteiger partial charge is 0.180 e. The molecule has 1 aromatic carbocycles. The molecule has 0 fully saturated rings. The monoisotopic (exact) mass is 193 g/mol. The molecular weight excluding hydrogens is 185 g/mol. The summed E-state index contributed by atoms with van der Waals surface area (Å²) in [5.41, 5.74) is 0.703. The summed E-state index contributed by atoms with van der Waals surface area (Å²) >= 11 is 0. The van der Waals surface area contributed by atoms with Gasteiger partial charge in [-0.15, -0.1) is 0 Å². The Bertz CT molecular complexity index is 383. The molecule has 14 heavy (non-hydrogen) atoms. The van der Waals surface area contributed by atoms with Crippen LogP contribution in [0.3, 0.4) is 0 Å². The fraction of sp³-hybridized carbons (Fsp3) is 0.100. The molecule has 1 heterocycles. The van der Waals surface area contributed by atoms with Gasteiger partial charge in [-0.3, -0.25) is 0 Å². The van der Waals surface area contributed by atoms with Crippen molar-refractivity contribution in [3.05, 3.63) is 48.4 Å². The van der Waals surface area contributed by atoms with E-state index < -0.39 is 0 Å². The normalized spacial score (nSPS) is 10.1. The molecule has 3 nitrogen and oxygen atoms in total. The molecule has 0 bridgehead atoms. The van der Waals surface area contributed by atoms with E-state index in [4.69, 9.17) is 9.15 Å². The average molecular weight is 193 g/mol. The summed E-state index contributed by atoms with van der Waals surface area (Å²) < 4.78 is 22.6. The number of nitrogens with zero attached hydrogens (tertiary/aromatic N) is 1. The van der Waals surface area contributed by atoms with Crippen LogP contribution in [0.25, 0.3) is 0 Å². The van der Waals surface area contributed by atoms with E-state index in [9.17, 15) is 4.39 Å². The summed E-state index contributed by atoms with van der Waals surface area (Å²) in [6.07, 6.45) is 2.84. The Morgan fingerprint density at radius 1 is 1.29 bits per heavy atom. The van der Waals surface area contributed by atoms with Gasteiger partial charge in [0.2, 0.25) is 0 Å². The zero-order chi connectivity index (χ0) is 9.80. The second-order valence-electron chi connectivity index (χ2n) is 2.72. The van der Waals surface area contributed by atoms with Gasteiger partial charge in [0.15, 0.2) is 6.39 Å². The molecule has 0 aliphatic carbocycles. The Morgan fingerprint density at radius 3 is 2.71 bits per heavy atom. The topological polar surface area (TPSA) is 35.3 Å². The first kappa shape index (κ1) is 8.74. The van der Waals surface area contributed by atoms with Crippen LogP contribution >= 0.6 is 0 Å². The lowest BCUT2D eigenvalue weighted by atomic mass is 10.3. The van der Waals surface area contributed by atoms with Gasteiger partial charge >= 0.3 is 0 Å². The van der Waals surface area contributed by atoms with E-state index in [0.717, 1.165) is 0 Å². The molecule has 72 valence electrons. The van der Waals surface area contributed by atoms with E-state index in [-0.39, 0.29) is 5.82 Å². The molecule has 2 aromatic rings. The van der Waals surface area contributed by atoms with Crippen LogP contribution in [0.15, 0.2) is 41.3 Å². The van der Waals surface area contributed by atoms with Crippen LogP contribution < -0.4 is 4.74 Å². The molecule has 4 heteroatoms. The lowest BCUT2D eigenvalue weighted by Gasteiger charge is -2.02. The van der Waals surface area contributed by atoms with Crippen molar-refractivity contribution in [2.75, 3.05) is 0 Å². The van der Waals surface area contributed by atoms with Crippen molar-refractivity contribution >= 4 is 0 Å². The predicted molar refractivity (Wildman–Crippen MR) is 47.2 cm³/mol. The van der Waals surface area contributed by atoms with Gasteiger partial charge in [-0.05, 0) is 24.3 Å². The molecule has 0 spiro atoms. The maximum absolute atomic E-state index is 12.5. The van der Waals surface area contributed by atoms with Crippen molar-refractivity contribution < 1.29 is 13.5 Å². The van der Waals surface area contributed by atoms with Gasteiger partial charge in [0.25, 0.3) is 0 Å². The Kier molecular flexibility index (Phi) is 2.44. The Balaban J connectivity index is 1.95. The number of ether oxygens (including phenoxy) is 1. The van der Waals surface area contributed by atoms with Crippen molar-refractivity contribution in [1.29, 1.82) is 0 Å². The number of aromatic nitrogens is 1. The SMILES string of the molecule is Fc1ccc(OCc2cocn2)cc1. The minimum absolute atomic E-state index is 0.279. The van der Waals surface area contributed by atoms with Crippen molar-refractivity contribution in [2.24, 2.45) is 0 Å². The maximum atomic E-state index is 12.5. The highest BCUT2D eigenvalue weighted by atomic mass is 19.1. The predicted octanol–water partition coefficient (Wildman–Crippen LogP) is 2.39. The molecule has 0 aliphatic rings. The van der Waals surface area contributed by atoms with Crippen LogP contribution in [-0.4, -0.2) is 4.98 Å². The molecule has 1 aromatic heterocycles. The largest absolute Gasteiger partial charge is 0.487 e. The second-order valence-corrected chi connectivity index (χ2v) is 2.72. The number of oxazole rings is 1. The zero-order valence-corrected chi connectivity index (χ0v) is 7.31. The molecule has 0 saturated heterocycles. The summed E-state index contributed by atoms with van der Waals surface area (Å²) in [5.74, 6) is 0.327. The number of rotatable bonds is 3. The van der Waals surface area contributed by atoms with E-state index in [1.165, 1.54) is 24.8 Å². The van der Waals surface area contributed by atoms with Crippen LogP contribution in [0, 0.1) is 5.82 Å². The first-order valence-electron chi connectivity index (χ1n) is 4.10. The van der Waals surface area contributed by atoms with E-state index in [1.54, 1.807) is 12.1 Å². The number of benzene rings is 1. The van der Waals surface area contributed by atoms with E-state index in [2.05, 4.69) is 4.98 Å². The Hall–Kier alpha value is -1.84. The number of hydrogen-bond donors (Lipinski definition) is 0. The quantitative estimate of drug-likeness (QED) is 0.750. The lowest BCUT2D eigenvalue weighted by Crippen LogP contribution is -1.95. The van der Waals surface area contributed by atoms with Gasteiger partial charge in [-0.2, -0.15) is 0 Å². The highest BCUT2D eigenvalue weighted by Crippen LogP contribution is 2.12. The summed E-state index contributed by atoms with van der Waals surface area (Å²) in [4.78, 5) is 3.88. The highest BCUT2D eigenvalue weighted by molar-refractivity contribution is 5.22. The third-order valence-corrected chi connectivity index (χ3v) is 1.68. The van der Waals surface area contributed by atoms with Crippen LogP contribution in [0.4, 0.5) is 4.39 Å². The van der Waals surface area contributed by atoms with Crippen molar-refractivity contribution in [3.63, 3.8) is 0 Å². The van der Waals surface area contributed by atoms with Gasteiger partial charge in [0.1, 0.15) is 30.1 Å².